The number of aliphatic carboxylic acids is 1. The van der Waals surface area contributed by atoms with E-state index >= 15 is 0 Å². The van der Waals surface area contributed by atoms with Crippen molar-refractivity contribution in [3.05, 3.63) is 82.1 Å². The Bertz CT molecular complexity index is 1470. The number of hydrogen-bond acceptors (Lipinski definition) is 6. The van der Waals surface area contributed by atoms with Gasteiger partial charge in [-0.1, -0.05) is 47.5 Å². The van der Waals surface area contributed by atoms with Crippen molar-refractivity contribution in [2.24, 2.45) is 5.92 Å². The Labute approximate surface area is 235 Å². The van der Waals surface area contributed by atoms with Gasteiger partial charge < -0.3 is 15.2 Å². The minimum Gasteiger partial charge on any atom is -0.496 e. The van der Waals surface area contributed by atoms with Crippen molar-refractivity contribution >= 4 is 45.0 Å². The normalized spacial score (nSPS) is 17.0. The molecule has 0 bridgehead atoms. The molecule has 39 heavy (non-hydrogen) atoms. The van der Waals surface area contributed by atoms with Crippen molar-refractivity contribution in [2.45, 2.75) is 29.8 Å². The second-order valence-corrected chi connectivity index (χ2v) is 11.6. The van der Waals surface area contributed by atoms with E-state index in [1.165, 1.54) is 55.6 Å². The lowest BCUT2D eigenvalue weighted by molar-refractivity contribution is -0.148. The molecule has 1 aliphatic rings. The summed E-state index contributed by atoms with van der Waals surface area (Å²) in [6, 6.07) is 11.8. The van der Waals surface area contributed by atoms with E-state index in [9.17, 15) is 27.5 Å². The minimum absolute atomic E-state index is 0.0676. The second kappa shape index (κ2) is 12.0. The maximum atomic E-state index is 13.7. The van der Waals surface area contributed by atoms with Crippen LogP contribution in [0.15, 0.2) is 65.6 Å². The Hall–Kier alpha value is -3.02. The fourth-order valence-corrected chi connectivity index (χ4v) is 6.56. The molecule has 12 heteroatoms. The van der Waals surface area contributed by atoms with Crippen LogP contribution >= 0.6 is 23.2 Å². The van der Waals surface area contributed by atoms with Crippen LogP contribution in [0.25, 0.3) is 11.1 Å². The highest BCUT2D eigenvalue weighted by molar-refractivity contribution is 7.89. The third-order valence-corrected chi connectivity index (χ3v) is 8.34. The minimum atomic E-state index is -4.38. The van der Waals surface area contributed by atoms with Gasteiger partial charge in [-0.15, -0.1) is 0 Å². The number of hydrogen-bond donors (Lipinski definition) is 3. The van der Waals surface area contributed by atoms with Gasteiger partial charge in [0.25, 0.3) is 0 Å². The molecule has 3 aromatic rings. The largest absolute Gasteiger partial charge is 0.496 e. The molecule has 1 saturated heterocycles. The van der Waals surface area contributed by atoms with E-state index in [1.54, 1.807) is 12.1 Å². The average molecular weight is 595 g/mol. The first kappa shape index (κ1) is 29.0. The highest BCUT2D eigenvalue weighted by atomic mass is 35.5. The summed E-state index contributed by atoms with van der Waals surface area (Å²) in [6.45, 7) is 0.550. The van der Waals surface area contributed by atoms with Crippen molar-refractivity contribution in [1.82, 2.24) is 10.0 Å². The lowest BCUT2D eigenvalue weighted by atomic mass is 9.86. The smallest absolute Gasteiger partial charge is 0.316 e. The molecule has 1 aliphatic heterocycles. The molecule has 3 atom stereocenters. The molecule has 1 heterocycles. The molecular formula is C27H25Cl2FN2O6S. The first-order valence-corrected chi connectivity index (χ1v) is 14.2. The lowest BCUT2D eigenvalue weighted by Gasteiger charge is -2.27. The zero-order chi connectivity index (χ0) is 28.3. The first-order valence-electron chi connectivity index (χ1n) is 11.9. The predicted octanol–water partition coefficient (Wildman–Crippen LogP) is 4.85. The van der Waals surface area contributed by atoms with Crippen LogP contribution in [0.5, 0.6) is 5.75 Å². The van der Waals surface area contributed by atoms with Crippen LogP contribution in [0.4, 0.5) is 4.39 Å². The number of carbonyl (C=O) groups is 2. The molecule has 3 N–H and O–H groups in total. The van der Waals surface area contributed by atoms with Crippen LogP contribution in [-0.4, -0.2) is 45.0 Å². The van der Waals surface area contributed by atoms with Crippen LogP contribution in [0.1, 0.15) is 24.4 Å². The molecular weight excluding hydrogens is 570 g/mol. The summed E-state index contributed by atoms with van der Waals surface area (Å²) in [5, 5.41) is 13.3. The number of sulfonamides is 1. The molecule has 0 spiro atoms. The van der Waals surface area contributed by atoms with Gasteiger partial charge in [0.1, 0.15) is 17.5 Å². The van der Waals surface area contributed by atoms with E-state index in [0.717, 1.165) is 0 Å². The van der Waals surface area contributed by atoms with Gasteiger partial charge in [0.15, 0.2) is 5.78 Å². The van der Waals surface area contributed by atoms with Crippen LogP contribution in [-0.2, 0) is 19.6 Å². The summed E-state index contributed by atoms with van der Waals surface area (Å²) in [7, 11) is -2.98. The first-order chi connectivity index (χ1) is 18.5. The summed E-state index contributed by atoms with van der Waals surface area (Å²) in [4.78, 5) is 25.5. The van der Waals surface area contributed by atoms with Crippen LogP contribution in [0.3, 0.4) is 0 Å². The Balaban J connectivity index is 1.78. The summed E-state index contributed by atoms with van der Waals surface area (Å²) in [6.07, 6.45) is 1.13. The average Bonchev–Trinajstić information content (AvgIpc) is 3.43. The van der Waals surface area contributed by atoms with Gasteiger partial charge in [-0.3, -0.25) is 9.59 Å². The number of halogens is 3. The molecule has 206 valence electrons. The molecule has 0 aliphatic carbocycles. The van der Waals surface area contributed by atoms with E-state index in [1.807, 2.05) is 0 Å². The molecule has 1 fully saturated rings. The number of Topliss-reactive ketones (excluding diaryl/α,β-unsaturated/α-hetero) is 1. The highest BCUT2D eigenvalue weighted by Crippen LogP contribution is 2.34. The number of carboxylic acids is 1. The van der Waals surface area contributed by atoms with Gasteiger partial charge in [0, 0.05) is 21.7 Å². The molecule has 0 aromatic heterocycles. The second-order valence-electron chi connectivity index (χ2n) is 9.04. The number of rotatable bonds is 10. The molecule has 0 radical (unpaired) electrons. The maximum absolute atomic E-state index is 13.7. The fourth-order valence-electron chi connectivity index (χ4n) is 4.59. The number of ether oxygens (including phenoxy) is 1. The van der Waals surface area contributed by atoms with Crippen molar-refractivity contribution in [3.8, 4) is 16.9 Å². The molecule has 1 unspecified atom stereocenters. The van der Waals surface area contributed by atoms with Gasteiger partial charge in [0.05, 0.1) is 24.1 Å². The number of carbonyl (C=O) groups excluding carboxylic acids is 1. The quantitative estimate of drug-likeness (QED) is 0.287. The van der Waals surface area contributed by atoms with Gasteiger partial charge in [0.2, 0.25) is 10.0 Å². The van der Waals surface area contributed by atoms with E-state index in [4.69, 9.17) is 27.9 Å². The Morgan fingerprint density at radius 3 is 2.31 bits per heavy atom. The third-order valence-electron chi connectivity index (χ3n) is 6.48. The zero-order valence-corrected chi connectivity index (χ0v) is 23.0. The van der Waals surface area contributed by atoms with Crippen molar-refractivity contribution in [2.75, 3.05) is 13.7 Å². The topological polar surface area (TPSA) is 122 Å². The van der Waals surface area contributed by atoms with Gasteiger partial charge in [-0.2, -0.15) is 0 Å². The lowest BCUT2D eigenvalue weighted by Crippen LogP contribution is -2.46. The van der Waals surface area contributed by atoms with Crippen LogP contribution in [0, 0.1) is 11.7 Å². The Morgan fingerprint density at radius 2 is 1.74 bits per heavy atom. The summed E-state index contributed by atoms with van der Waals surface area (Å²) in [5.41, 5.74) is 1.40. The summed E-state index contributed by atoms with van der Waals surface area (Å²) < 4.78 is 48.1. The van der Waals surface area contributed by atoms with Crippen LogP contribution < -0.4 is 14.8 Å². The van der Waals surface area contributed by atoms with Crippen molar-refractivity contribution < 1.29 is 32.2 Å². The SMILES string of the molecule is COc1cc(F)ccc1-c1ccc([C@H](NS(=O)(=O)c2cc(Cl)cc(Cl)c2)[C@H](C(=O)O)C(=O)C2CCCN2)cc1. The van der Waals surface area contributed by atoms with E-state index in [-0.39, 0.29) is 26.3 Å². The predicted molar refractivity (Wildman–Crippen MR) is 145 cm³/mol. The Kier molecular flexibility index (Phi) is 8.93. The summed E-state index contributed by atoms with van der Waals surface area (Å²) >= 11 is 12.0. The van der Waals surface area contributed by atoms with Crippen molar-refractivity contribution in [3.63, 3.8) is 0 Å². The van der Waals surface area contributed by atoms with Gasteiger partial charge in [-0.25, -0.2) is 17.5 Å². The number of methoxy groups -OCH3 is 1. The highest BCUT2D eigenvalue weighted by Gasteiger charge is 2.42. The zero-order valence-electron chi connectivity index (χ0n) is 20.7. The van der Waals surface area contributed by atoms with E-state index in [2.05, 4.69) is 10.0 Å². The van der Waals surface area contributed by atoms with Crippen molar-refractivity contribution in [1.29, 1.82) is 0 Å². The van der Waals surface area contributed by atoms with Crippen LogP contribution in [0.2, 0.25) is 10.0 Å². The maximum Gasteiger partial charge on any atom is 0.316 e. The molecule has 0 saturated carbocycles. The standard InChI is InChI=1S/C27H25Cl2FN2O6S/c1-38-23-14-19(30)8-9-21(23)15-4-6-16(7-5-15)25(24(27(34)35)26(33)22-3-2-10-31-22)32-39(36,37)20-12-17(28)11-18(29)13-20/h4-9,11-14,22,24-25,31-32H,2-3,10H2,1H3,(H,34,35)/t22?,24-,25-/m0/s1. The number of carboxylic acid groups (broad SMARTS) is 1. The van der Waals surface area contributed by atoms with E-state index in [0.29, 0.717) is 30.5 Å². The Morgan fingerprint density at radius 1 is 1.08 bits per heavy atom. The third kappa shape index (κ3) is 6.59. The number of nitrogens with one attached hydrogen (secondary N) is 2. The molecule has 4 rings (SSSR count). The monoisotopic (exact) mass is 594 g/mol. The molecule has 3 aromatic carbocycles. The number of ketones is 1. The van der Waals surface area contributed by atoms with Gasteiger partial charge >= 0.3 is 5.97 Å². The van der Waals surface area contributed by atoms with E-state index < -0.39 is 45.6 Å². The molecule has 0 amide bonds. The fraction of sp³-hybridized carbons (Fsp3) is 0.259. The molecule has 8 nitrogen and oxygen atoms in total. The number of benzene rings is 3. The van der Waals surface area contributed by atoms with Gasteiger partial charge in [-0.05, 0) is 60.8 Å². The summed E-state index contributed by atoms with van der Waals surface area (Å²) in [5.74, 6) is -4.05.